The predicted octanol–water partition coefficient (Wildman–Crippen LogP) is 4.42. The van der Waals surface area contributed by atoms with Gasteiger partial charge in [-0.05, 0) is 24.1 Å². The maximum atomic E-state index is 13.3. The van der Waals surface area contributed by atoms with Gasteiger partial charge in [-0.25, -0.2) is 9.97 Å². The molecule has 0 aliphatic rings. The van der Waals surface area contributed by atoms with E-state index >= 15 is 0 Å². The minimum absolute atomic E-state index is 0.0881. The number of nitrogens with zero attached hydrogens (tertiary/aromatic N) is 3. The van der Waals surface area contributed by atoms with Crippen molar-refractivity contribution in [2.24, 2.45) is 0 Å². The lowest BCUT2D eigenvalue weighted by Gasteiger charge is -2.12. The van der Waals surface area contributed by atoms with E-state index in [4.69, 9.17) is 6.42 Å². The van der Waals surface area contributed by atoms with Crippen LogP contribution in [0.4, 0.5) is 26.3 Å². The van der Waals surface area contributed by atoms with Crippen LogP contribution in [0.3, 0.4) is 0 Å². The molecule has 0 unspecified atom stereocenters. The lowest BCUT2D eigenvalue weighted by atomic mass is 10.1. The minimum atomic E-state index is -4.73. The normalized spacial score (nSPS) is 12.4. The fourth-order valence-electron chi connectivity index (χ4n) is 2.27. The van der Waals surface area contributed by atoms with Gasteiger partial charge in [-0.3, -0.25) is 4.40 Å². The van der Waals surface area contributed by atoms with Crippen LogP contribution in [0.5, 0.6) is 0 Å². The first-order valence-corrected chi connectivity index (χ1v) is 6.71. The summed E-state index contributed by atoms with van der Waals surface area (Å²) >= 11 is 0. The van der Waals surface area contributed by atoms with Crippen molar-refractivity contribution in [3.63, 3.8) is 0 Å². The molecule has 0 spiro atoms. The maximum absolute atomic E-state index is 13.3. The average Bonchev–Trinajstić information content (AvgIpc) is 2.95. The summed E-state index contributed by atoms with van der Waals surface area (Å²) in [6.45, 7) is 0. The molecule has 128 valence electrons. The second-order valence-electron chi connectivity index (χ2n) is 5.03. The Bertz CT molecular complexity index is 974. The van der Waals surface area contributed by atoms with Crippen molar-refractivity contribution in [1.29, 1.82) is 0 Å². The zero-order valence-electron chi connectivity index (χ0n) is 12.2. The van der Waals surface area contributed by atoms with E-state index in [9.17, 15) is 26.3 Å². The number of fused-ring (bicyclic) bond motifs is 1. The highest BCUT2D eigenvalue weighted by molar-refractivity contribution is 5.65. The van der Waals surface area contributed by atoms with Crippen LogP contribution in [-0.2, 0) is 12.4 Å². The van der Waals surface area contributed by atoms with Gasteiger partial charge in [-0.2, -0.15) is 26.3 Å². The maximum Gasteiger partial charge on any atom is 0.431 e. The van der Waals surface area contributed by atoms with Gasteiger partial charge >= 0.3 is 12.4 Å². The number of terminal acetylenes is 1. The Kier molecular flexibility index (Phi) is 3.71. The Hall–Kier alpha value is -3.02. The summed E-state index contributed by atoms with van der Waals surface area (Å²) in [6, 6.07) is 4.37. The molecule has 1 aromatic carbocycles. The molecule has 3 aromatic rings. The molecule has 0 aliphatic heterocycles. The third kappa shape index (κ3) is 3.03. The molecule has 0 saturated heterocycles. The van der Waals surface area contributed by atoms with Gasteiger partial charge in [0.25, 0.3) is 0 Å². The van der Waals surface area contributed by atoms with E-state index in [1.807, 2.05) is 0 Å². The van der Waals surface area contributed by atoms with Gasteiger partial charge in [0, 0.05) is 5.56 Å². The number of hydrogen-bond donors (Lipinski definition) is 0. The summed E-state index contributed by atoms with van der Waals surface area (Å²) in [5.74, 6) is 2.13. The Morgan fingerprint density at radius 1 is 0.960 bits per heavy atom. The second-order valence-corrected chi connectivity index (χ2v) is 5.03. The summed E-state index contributed by atoms with van der Waals surface area (Å²) < 4.78 is 78.3. The smallest absolute Gasteiger partial charge is 0.278 e. The molecule has 0 N–H and O–H groups in total. The summed E-state index contributed by atoms with van der Waals surface area (Å²) in [5, 5.41) is 0. The fraction of sp³-hybridized carbons (Fsp3) is 0.125. The Morgan fingerprint density at radius 3 is 2.12 bits per heavy atom. The van der Waals surface area contributed by atoms with Crippen molar-refractivity contribution >= 4 is 5.65 Å². The third-order valence-corrected chi connectivity index (χ3v) is 3.44. The van der Waals surface area contributed by atoms with Crippen LogP contribution in [-0.4, -0.2) is 14.4 Å². The largest absolute Gasteiger partial charge is 0.431 e. The number of alkyl halides is 6. The molecule has 0 atom stereocenters. The van der Waals surface area contributed by atoms with Gasteiger partial charge in [0.1, 0.15) is 12.0 Å². The van der Waals surface area contributed by atoms with Gasteiger partial charge in [0.2, 0.25) is 0 Å². The number of aromatic nitrogens is 3. The van der Waals surface area contributed by atoms with Crippen molar-refractivity contribution < 1.29 is 26.3 Å². The highest BCUT2D eigenvalue weighted by atomic mass is 19.4. The van der Waals surface area contributed by atoms with Crippen LogP contribution in [0.25, 0.3) is 16.9 Å². The average molecular weight is 355 g/mol. The van der Waals surface area contributed by atoms with E-state index in [0.717, 1.165) is 36.7 Å². The molecule has 0 radical (unpaired) electrons. The van der Waals surface area contributed by atoms with Crippen LogP contribution >= 0.6 is 0 Å². The van der Waals surface area contributed by atoms with Crippen LogP contribution in [0.15, 0.2) is 36.7 Å². The molecule has 3 rings (SSSR count). The third-order valence-electron chi connectivity index (χ3n) is 3.44. The van der Waals surface area contributed by atoms with Crippen molar-refractivity contribution in [2.45, 2.75) is 12.4 Å². The second kappa shape index (κ2) is 5.51. The standard InChI is InChI=1S/C16H7F6N3/c1-2-11-14-24-12(7-13(16(20,21)22)25(14)8-23-11)9-3-5-10(6-4-9)15(17,18)19/h1,3-8H. The minimum Gasteiger partial charge on any atom is -0.278 e. The van der Waals surface area contributed by atoms with Gasteiger partial charge in [0.05, 0.1) is 11.3 Å². The van der Waals surface area contributed by atoms with Crippen LogP contribution < -0.4 is 0 Å². The Morgan fingerprint density at radius 2 is 1.60 bits per heavy atom. The van der Waals surface area contributed by atoms with Crippen molar-refractivity contribution in [3.05, 3.63) is 53.6 Å². The highest BCUT2D eigenvalue weighted by Gasteiger charge is 2.35. The molecule has 2 heterocycles. The number of imidazole rings is 1. The number of benzene rings is 1. The fourth-order valence-corrected chi connectivity index (χ4v) is 2.27. The molecular formula is C16H7F6N3. The van der Waals surface area contributed by atoms with E-state index in [1.165, 1.54) is 0 Å². The van der Waals surface area contributed by atoms with E-state index < -0.39 is 23.6 Å². The summed E-state index contributed by atoms with van der Waals surface area (Å²) in [6.07, 6.45) is -3.17. The van der Waals surface area contributed by atoms with E-state index in [-0.39, 0.29) is 22.6 Å². The highest BCUT2D eigenvalue weighted by Crippen LogP contribution is 2.34. The van der Waals surface area contributed by atoms with Crippen LogP contribution in [0, 0.1) is 12.3 Å². The molecule has 0 saturated carbocycles. The molecule has 2 aromatic heterocycles. The van der Waals surface area contributed by atoms with Crippen LogP contribution in [0.2, 0.25) is 0 Å². The van der Waals surface area contributed by atoms with Gasteiger partial charge in [-0.15, -0.1) is 6.42 Å². The quantitative estimate of drug-likeness (QED) is 0.478. The topological polar surface area (TPSA) is 30.2 Å². The molecule has 3 nitrogen and oxygen atoms in total. The first-order chi connectivity index (χ1) is 11.6. The summed E-state index contributed by atoms with van der Waals surface area (Å²) in [5.41, 5.74) is -2.37. The van der Waals surface area contributed by atoms with Gasteiger partial charge in [0.15, 0.2) is 11.3 Å². The number of halogens is 6. The Balaban J connectivity index is 2.21. The monoisotopic (exact) mass is 355 g/mol. The van der Waals surface area contributed by atoms with Gasteiger partial charge < -0.3 is 0 Å². The molecule has 25 heavy (non-hydrogen) atoms. The first kappa shape index (κ1) is 16.8. The molecule has 0 fully saturated rings. The molecule has 0 amide bonds. The van der Waals surface area contributed by atoms with E-state index in [2.05, 4.69) is 15.9 Å². The van der Waals surface area contributed by atoms with Crippen molar-refractivity contribution in [2.75, 3.05) is 0 Å². The van der Waals surface area contributed by atoms with Crippen molar-refractivity contribution in [3.8, 4) is 23.6 Å². The van der Waals surface area contributed by atoms with E-state index in [0.29, 0.717) is 4.40 Å². The van der Waals surface area contributed by atoms with Crippen LogP contribution in [0.1, 0.15) is 17.0 Å². The molecular weight excluding hydrogens is 348 g/mol. The van der Waals surface area contributed by atoms with E-state index in [1.54, 1.807) is 0 Å². The first-order valence-electron chi connectivity index (χ1n) is 6.71. The lowest BCUT2D eigenvalue weighted by Crippen LogP contribution is -2.12. The zero-order valence-corrected chi connectivity index (χ0v) is 12.2. The molecule has 0 bridgehead atoms. The number of rotatable bonds is 1. The molecule has 9 heteroatoms. The predicted molar refractivity (Wildman–Crippen MR) is 76.4 cm³/mol. The van der Waals surface area contributed by atoms with Crippen molar-refractivity contribution in [1.82, 2.24) is 14.4 Å². The Labute approximate surface area is 136 Å². The SMILES string of the molecule is C#Cc1ncn2c(C(F)(F)F)cc(-c3ccc(C(F)(F)F)cc3)nc12. The molecule has 0 aliphatic carbocycles. The number of hydrogen-bond acceptors (Lipinski definition) is 2. The summed E-state index contributed by atoms with van der Waals surface area (Å²) in [4.78, 5) is 7.70. The zero-order chi connectivity index (χ0) is 18.4. The summed E-state index contributed by atoms with van der Waals surface area (Å²) in [7, 11) is 0. The van der Waals surface area contributed by atoms with Gasteiger partial charge in [-0.1, -0.05) is 12.1 Å². The lowest BCUT2D eigenvalue weighted by molar-refractivity contribution is -0.142.